The van der Waals surface area contributed by atoms with Crippen molar-refractivity contribution < 1.29 is 9.53 Å². The molecular formula is C13H19NO2. The largest absolute Gasteiger partial charge is 0.493 e. The number of carbonyl (C=O) groups excluding carboxylic acids is 1. The van der Waals surface area contributed by atoms with Crippen LogP contribution in [0.15, 0.2) is 24.3 Å². The van der Waals surface area contributed by atoms with Crippen LogP contribution in [0.5, 0.6) is 5.75 Å². The summed E-state index contributed by atoms with van der Waals surface area (Å²) in [6.45, 7) is 7.12. The Bertz CT molecular complexity index is 350. The molecule has 0 aliphatic carbocycles. The zero-order valence-electron chi connectivity index (χ0n) is 10.1. The standard InChI is InChI=1S/C13H19NO2/c1-4-14-10(3)13(15)11-8-6-7-9-12(11)16-5-2/h6-10,14H,4-5H2,1-3H3. The SMILES string of the molecule is CCNC(C)C(=O)c1ccccc1OCC. The highest BCUT2D eigenvalue weighted by Gasteiger charge is 2.17. The summed E-state index contributed by atoms with van der Waals surface area (Å²) in [5.41, 5.74) is 0.651. The lowest BCUT2D eigenvalue weighted by molar-refractivity contribution is 0.0948. The van der Waals surface area contributed by atoms with E-state index in [0.717, 1.165) is 6.54 Å². The molecule has 0 aromatic heterocycles. The van der Waals surface area contributed by atoms with Crippen LogP contribution >= 0.6 is 0 Å². The Morgan fingerprint density at radius 2 is 2.06 bits per heavy atom. The molecule has 88 valence electrons. The van der Waals surface area contributed by atoms with Crippen LogP contribution in [0.1, 0.15) is 31.1 Å². The van der Waals surface area contributed by atoms with Gasteiger partial charge >= 0.3 is 0 Å². The maximum absolute atomic E-state index is 12.1. The van der Waals surface area contributed by atoms with Crippen LogP contribution in [-0.2, 0) is 0 Å². The number of para-hydroxylation sites is 1. The molecule has 0 saturated carbocycles. The molecule has 1 aromatic rings. The number of ketones is 1. The van der Waals surface area contributed by atoms with Gasteiger partial charge in [-0.2, -0.15) is 0 Å². The summed E-state index contributed by atoms with van der Waals surface area (Å²) in [5.74, 6) is 0.741. The monoisotopic (exact) mass is 221 g/mol. The first-order valence-corrected chi connectivity index (χ1v) is 5.70. The first kappa shape index (κ1) is 12.7. The Labute approximate surface area is 96.8 Å². The molecule has 0 spiro atoms. The second-order valence-corrected chi connectivity index (χ2v) is 3.57. The molecule has 1 N–H and O–H groups in total. The van der Waals surface area contributed by atoms with Crippen LogP contribution < -0.4 is 10.1 Å². The topological polar surface area (TPSA) is 38.3 Å². The molecule has 0 aliphatic heterocycles. The number of ether oxygens (including phenoxy) is 1. The molecule has 0 fully saturated rings. The third-order valence-electron chi connectivity index (χ3n) is 2.36. The molecular weight excluding hydrogens is 202 g/mol. The number of Topliss-reactive ketones (excluding diaryl/α,β-unsaturated/α-hetero) is 1. The fraction of sp³-hybridized carbons (Fsp3) is 0.462. The summed E-state index contributed by atoms with van der Waals surface area (Å²) in [7, 11) is 0. The van der Waals surface area contributed by atoms with Crippen molar-refractivity contribution in [2.24, 2.45) is 0 Å². The van der Waals surface area contributed by atoms with Gasteiger partial charge in [0.2, 0.25) is 0 Å². The smallest absolute Gasteiger partial charge is 0.183 e. The van der Waals surface area contributed by atoms with Crippen molar-refractivity contribution in [3.8, 4) is 5.75 Å². The molecule has 1 atom stereocenters. The van der Waals surface area contributed by atoms with Crippen LogP contribution in [-0.4, -0.2) is 25.0 Å². The Morgan fingerprint density at radius 3 is 2.69 bits per heavy atom. The van der Waals surface area contributed by atoms with Crippen molar-refractivity contribution in [3.05, 3.63) is 29.8 Å². The van der Waals surface area contributed by atoms with Gasteiger partial charge in [0.1, 0.15) is 5.75 Å². The molecule has 3 nitrogen and oxygen atoms in total. The minimum absolute atomic E-state index is 0.0749. The Kier molecular flexibility index (Phi) is 4.99. The van der Waals surface area contributed by atoms with E-state index in [9.17, 15) is 4.79 Å². The lowest BCUT2D eigenvalue weighted by Crippen LogP contribution is -2.33. The quantitative estimate of drug-likeness (QED) is 0.749. The highest BCUT2D eigenvalue weighted by atomic mass is 16.5. The van der Waals surface area contributed by atoms with Gasteiger partial charge in [0.15, 0.2) is 5.78 Å². The van der Waals surface area contributed by atoms with Gasteiger partial charge in [0, 0.05) is 0 Å². The number of hydrogen-bond donors (Lipinski definition) is 1. The summed E-state index contributed by atoms with van der Waals surface area (Å²) in [6.07, 6.45) is 0. The van der Waals surface area contributed by atoms with E-state index >= 15 is 0 Å². The van der Waals surface area contributed by atoms with Gasteiger partial charge in [0.05, 0.1) is 18.2 Å². The van der Waals surface area contributed by atoms with Crippen molar-refractivity contribution in [3.63, 3.8) is 0 Å². The van der Waals surface area contributed by atoms with Gasteiger partial charge in [-0.1, -0.05) is 19.1 Å². The van der Waals surface area contributed by atoms with Gasteiger partial charge in [-0.25, -0.2) is 0 Å². The van der Waals surface area contributed by atoms with Crippen molar-refractivity contribution in [1.82, 2.24) is 5.32 Å². The van der Waals surface area contributed by atoms with Gasteiger partial charge < -0.3 is 10.1 Å². The molecule has 16 heavy (non-hydrogen) atoms. The number of likely N-dealkylation sites (N-methyl/N-ethyl adjacent to an activating group) is 1. The molecule has 0 bridgehead atoms. The average molecular weight is 221 g/mol. The zero-order chi connectivity index (χ0) is 12.0. The summed E-state index contributed by atoms with van der Waals surface area (Å²) >= 11 is 0. The van der Waals surface area contributed by atoms with Crippen molar-refractivity contribution in [2.45, 2.75) is 26.8 Å². The highest BCUT2D eigenvalue weighted by Crippen LogP contribution is 2.19. The van der Waals surface area contributed by atoms with Crippen LogP contribution in [0, 0.1) is 0 Å². The van der Waals surface area contributed by atoms with Crippen LogP contribution in [0.3, 0.4) is 0 Å². The summed E-state index contributed by atoms with van der Waals surface area (Å²) in [5, 5.41) is 3.11. The molecule has 0 radical (unpaired) electrons. The van der Waals surface area contributed by atoms with Gasteiger partial charge in [0.25, 0.3) is 0 Å². The van der Waals surface area contributed by atoms with Crippen LogP contribution in [0.4, 0.5) is 0 Å². The van der Waals surface area contributed by atoms with E-state index < -0.39 is 0 Å². The predicted molar refractivity (Wildman–Crippen MR) is 65.1 cm³/mol. The lowest BCUT2D eigenvalue weighted by Gasteiger charge is -2.14. The number of carbonyl (C=O) groups is 1. The minimum Gasteiger partial charge on any atom is -0.493 e. The molecule has 0 amide bonds. The van der Waals surface area contributed by atoms with E-state index in [1.807, 2.05) is 39.0 Å². The Hall–Kier alpha value is -1.35. The fourth-order valence-electron chi connectivity index (χ4n) is 1.58. The number of nitrogens with one attached hydrogen (secondary N) is 1. The Balaban J connectivity index is 2.89. The molecule has 0 aliphatic rings. The summed E-state index contributed by atoms with van der Waals surface area (Å²) in [6, 6.07) is 7.19. The van der Waals surface area contributed by atoms with E-state index in [0.29, 0.717) is 17.9 Å². The molecule has 0 heterocycles. The molecule has 1 unspecified atom stereocenters. The number of benzene rings is 1. The van der Waals surface area contributed by atoms with E-state index in [2.05, 4.69) is 5.32 Å². The summed E-state index contributed by atoms with van der Waals surface area (Å²) < 4.78 is 5.44. The van der Waals surface area contributed by atoms with Crippen molar-refractivity contribution >= 4 is 5.78 Å². The third-order valence-corrected chi connectivity index (χ3v) is 2.36. The first-order chi connectivity index (χ1) is 7.70. The maximum atomic E-state index is 12.1. The van der Waals surface area contributed by atoms with Gasteiger partial charge in [-0.05, 0) is 32.5 Å². The second-order valence-electron chi connectivity index (χ2n) is 3.57. The first-order valence-electron chi connectivity index (χ1n) is 5.70. The molecule has 1 aromatic carbocycles. The van der Waals surface area contributed by atoms with Crippen molar-refractivity contribution in [1.29, 1.82) is 0 Å². The van der Waals surface area contributed by atoms with Crippen LogP contribution in [0.25, 0.3) is 0 Å². The van der Waals surface area contributed by atoms with Crippen molar-refractivity contribution in [2.75, 3.05) is 13.2 Å². The second kappa shape index (κ2) is 6.28. The highest BCUT2D eigenvalue weighted by molar-refractivity contribution is 6.02. The predicted octanol–water partition coefficient (Wildman–Crippen LogP) is 2.27. The average Bonchev–Trinajstić information content (AvgIpc) is 2.29. The maximum Gasteiger partial charge on any atom is 0.183 e. The third kappa shape index (κ3) is 3.07. The minimum atomic E-state index is -0.174. The lowest BCUT2D eigenvalue weighted by atomic mass is 10.0. The van der Waals surface area contributed by atoms with Gasteiger partial charge in [-0.15, -0.1) is 0 Å². The van der Waals surface area contributed by atoms with E-state index in [-0.39, 0.29) is 11.8 Å². The number of rotatable bonds is 6. The summed E-state index contributed by atoms with van der Waals surface area (Å²) in [4.78, 5) is 12.1. The van der Waals surface area contributed by atoms with E-state index in [4.69, 9.17) is 4.74 Å². The number of hydrogen-bond acceptors (Lipinski definition) is 3. The molecule has 3 heteroatoms. The zero-order valence-corrected chi connectivity index (χ0v) is 10.1. The van der Waals surface area contributed by atoms with Crippen LogP contribution in [0.2, 0.25) is 0 Å². The molecule has 0 saturated heterocycles. The van der Waals surface area contributed by atoms with E-state index in [1.54, 1.807) is 6.07 Å². The van der Waals surface area contributed by atoms with Gasteiger partial charge in [-0.3, -0.25) is 4.79 Å². The normalized spacial score (nSPS) is 12.2. The Morgan fingerprint density at radius 1 is 1.38 bits per heavy atom. The fourth-order valence-corrected chi connectivity index (χ4v) is 1.58. The van der Waals surface area contributed by atoms with E-state index in [1.165, 1.54) is 0 Å². The molecule has 1 rings (SSSR count).